The summed E-state index contributed by atoms with van der Waals surface area (Å²) in [6.45, 7) is 2.25. The minimum atomic E-state index is -0.0745. The van der Waals surface area contributed by atoms with Crippen molar-refractivity contribution < 1.29 is 9.32 Å². The Labute approximate surface area is 137 Å². The number of nitrogens with zero attached hydrogens (tertiary/aromatic N) is 2. The third-order valence-corrected chi connectivity index (χ3v) is 6.37. The second-order valence-electron chi connectivity index (χ2n) is 4.94. The number of hydrogen-bond acceptors (Lipinski definition) is 6. The van der Waals surface area contributed by atoms with Crippen LogP contribution in [0.5, 0.6) is 0 Å². The molecule has 22 heavy (non-hydrogen) atoms. The molecular formula is C15H17N3O2S2. The van der Waals surface area contributed by atoms with Gasteiger partial charge in [0.2, 0.25) is 5.89 Å². The van der Waals surface area contributed by atoms with Crippen LogP contribution in [0.4, 0.5) is 0 Å². The first-order chi connectivity index (χ1) is 10.7. The minimum absolute atomic E-state index is 0.0745. The van der Waals surface area contributed by atoms with Crippen molar-refractivity contribution in [1.29, 1.82) is 0 Å². The van der Waals surface area contributed by atoms with Gasteiger partial charge in [-0.25, -0.2) is 0 Å². The Kier molecular flexibility index (Phi) is 5.04. The first-order valence-electron chi connectivity index (χ1n) is 7.13. The van der Waals surface area contributed by atoms with E-state index in [-0.39, 0.29) is 5.91 Å². The van der Waals surface area contributed by atoms with E-state index in [0.29, 0.717) is 34.8 Å². The summed E-state index contributed by atoms with van der Waals surface area (Å²) in [4.78, 5) is 16.2. The van der Waals surface area contributed by atoms with E-state index in [1.54, 1.807) is 6.92 Å². The molecule has 1 aliphatic rings. The van der Waals surface area contributed by atoms with Gasteiger partial charge in [0.25, 0.3) is 5.91 Å². The number of aryl methyl sites for hydroxylation is 1. The van der Waals surface area contributed by atoms with Crippen LogP contribution in [-0.4, -0.2) is 34.1 Å². The summed E-state index contributed by atoms with van der Waals surface area (Å²) >= 11 is 3.92. The van der Waals surface area contributed by atoms with E-state index >= 15 is 0 Å². The molecule has 1 fully saturated rings. The van der Waals surface area contributed by atoms with Crippen LogP contribution in [0.15, 0.2) is 28.8 Å². The maximum Gasteiger partial charge on any atom is 0.251 e. The van der Waals surface area contributed by atoms with Crippen LogP contribution < -0.4 is 5.32 Å². The maximum absolute atomic E-state index is 12.1. The van der Waals surface area contributed by atoms with Crippen LogP contribution in [0.3, 0.4) is 0 Å². The van der Waals surface area contributed by atoms with Crippen LogP contribution >= 0.6 is 23.5 Å². The molecule has 1 N–H and O–H groups in total. The SMILES string of the molecule is Cc1noc(CCNC(=O)c2ccc(C3SCCS3)cc2)n1. The Hall–Kier alpha value is -1.47. The first kappa shape index (κ1) is 15.4. The summed E-state index contributed by atoms with van der Waals surface area (Å²) in [6.07, 6.45) is 0.542. The molecule has 3 rings (SSSR count). The van der Waals surface area contributed by atoms with Gasteiger partial charge in [0, 0.05) is 30.0 Å². The fourth-order valence-electron chi connectivity index (χ4n) is 2.17. The number of benzene rings is 1. The lowest BCUT2D eigenvalue weighted by Crippen LogP contribution is -2.25. The van der Waals surface area contributed by atoms with Gasteiger partial charge in [-0.2, -0.15) is 4.98 Å². The van der Waals surface area contributed by atoms with Crippen molar-refractivity contribution >= 4 is 29.4 Å². The van der Waals surface area contributed by atoms with Crippen LogP contribution in [0.1, 0.15) is 32.2 Å². The minimum Gasteiger partial charge on any atom is -0.352 e. The Morgan fingerprint density at radius 3 is 2.68 bits per heavy atom. The van der Waals surface area contributed by atoms with Crippen LogP contribution in [0, 0.1) is 6.92 Å². The fourth-order valence-corrected chi connectivity index (χ4v) is 5.03. The molecule has 5 nitrogen and oxygen atoms in total. The van der Waals surface area contributed by atoms with Gasteiger partial charge in [-0.05, 0) is 24.6 Å². The Bertz CT molecular complexity index is 636. The molecule has 7 heteroatoms. The molecule has 1 amide bonds. The molecule has 1 aromatic carbocycles. The van der Waals surface area contributed by atoms with Crippen LogP contribution in [-0.2, 0) is 6.42 Å². The number of carbonyl (C=O) groups is 1. The highest BCUT2D eigenvalue weighted by molar-refractivity contribution is 8.19. The highest BCUT2D eigenvalue weighted by Crippen LogP contribution is 2.45. The van der Waals surface area contributed by atoms with Crippen molar-refractivity contribution in [1.82, 2.24) is 15.5 Å². The first-order valence-corrected chi connectivity index (χ1v) is 9.23. The predicted octanol–water partition coefficient (Wildman–Crippen LogP) is 2.83. The van der Waals surface area contributed by atoms with Crippen molar-refractivity contribution in [2.45, 2.75) is 17.9 Å². The van der Waals surface area contributed by atoms with Gasteiger partial charge < -0.3 is 9.84 Å². The molecule has 0 unspecified atom stereocenters. The molecule has 0 atom stereocenters. The number of hydrogen-bond donors (Lipinski definition) is 1. The average molecular weight is 335 g/mol. The third-order valence-electron chi connectivity index (χ3n) is 3.26. The summed E-state index contributed by atoms with van der Waals surface area (Å²) in [5.74, 6) is 3.48. The summed E-state index contributed by atoms with van der Waals surface area (Å²) < 4.78 is 5.52. The van der Waals surface area contributed by atoms with E-state index in [1.807, 2.05) is 47.8 Å². The second-order valence-corrected chi connectivity index (χ2v) is 7.66. The summed E-state index contributed by atoms with van der Waals surface area (Å²) in [5, 5.41) is 6.59. The van der Waals surface area contributed by atoms with E-state index in [9.17, 15) is 4.79 Å². The summed E-state index contributed by atoms with van der Waals surface area (Å²) in [6, 6.07) is 7.88. The van der Waals surface area contributed by atoms with Gasteiger partial charge in [0.1, 0.15) is 0 Å². The molecule has 1 saturated heterocycles. The van der Waals surface area contributed by atoms with Crippen LogP contribution in [0.2, 0.25) is 0 Å². The normalized spacial score (nSPS) is 15.1. The van der Waals surface area contributed by atoms with Crippen molar-refractivity contribution in [2.75, 3.05) is 18.1 Å². The monoisotopic (exact) mass is 335 g/mol. The zero-order valence-corrected chi connectivity index (χ0v) is 13.9. The molecular weight excluding hydrogens is 318 g/mol. The van der Waals surface area contributed by atoms with Gasteiger partial charge in [-0.1, -0.05) is 17.3 Å². The van der Waals surface area contributed by atoms with Gasteiger partial charge in [0.05, 0.1) is 4.58 Å². The number of amides is 1. The van der Waals surface area contributed by atoms with Gasteiger partial charge in [0.15, 0.2) is 5.82 Å². The number of aromatic nitrogens is 2. The molecule has 2 aromatic rings. The standard InChI is InChI=1S/C15H17N3O2S2/c1-10-17-13(20-18-10)6-7-16-14(19)11-2-4-12(5-3-11)15-21-8-9-22-15/h2-5,15H,6-9H2,1H3,(H,16,19). The van der Waals surface area contributed by atoms with E-state index in [2.05, 4.69) is 15.5 Å². The highest BCUT2D eigenvalue weighted by Gasteiger charge is 2.18. The average Bonchev–Trinajstić information content (AvgIpc) is 3.19. The van der Waals surface area contributed by atoms with E-state index < -0.39 is 0 Å². The van der Waals surface area contributed by atoms with E-state index in [0.717, 1.165) is 0 Å². The molecule has 1 aromatic heterocycles. The smallest absolute Gasteiger partial charge is 0.251 e. The predicted molar refractivity (Wildman–Crippen MR) is 89.2 cm³/mol. The number of nitrogens with one attached hydrogen (secondary N) is 1. The van der Waals surface area contributed by atoms with E-state index in [4.69, 9.17) is 4.52 Å². The molecule has 0 saturated carbocycles. The van der Waals surface area contributed by atoms with Crippen molar-refractivity contribution in [3.8, 4) is 0 Å². The molecule has 0 bridgehead atoms. The van der Waals surface area contributed by atoms with Gasteiger partial charge in [-0.3, -0.25) is 4.79 Å². The Morgan fingerprint density at radius 1 is 1.32 bits per heavy atom. The lowest BCUT2D eigenvalue weighted by atomic mass is 10.1. The third kappa shape index (κ3) is 3.84. The fraction of sp³-hybridized carbons (Fsp3) is 0.400. The zero-order chi connectivity index (χ0) is 15.4. The lowest BCUT2D eigenvalue weighted by Gasteiger charge is -2.09. The van der Waals surface area contributed by atoms with Gasteiger partial charge in [-0.15, -0.1) is 23.5 Å². The molecule has 1 aliphatic heterocycles. The quantitative estimate of drug-likeness (QED) is 0.906. The summed E-state index contributed by atoms with van der Waals surface area (Å²) in [7, 11) is 0. The van der Waals surface area contributed by atoms with Crippen molar-refractivity contribution in [2.24, 2.45) is 0 Å². The molecule has 116 valence electrons. The topological polar surface area (TPSA) is 68.0 Å². The van der Waals surface area contributed by atoms with E-state index in [1.165, 1.54) is 17.1 Å². The number of rotatable bonds is 5. The Morgan fingerprint density at radius 2 is 2.05 bits per heavy atom. The molecule has 2 heterocycles. The zero-order valence-electron chi connectivity index (χ0n) is 12.2. The number of thioether (sulfide) groups is 2. The Balaban J connectivity index is 1.51. The molecule has 0 radical (unpaired) electrons. The van der Waals surface area contributed by atoms with Gasteiger partial charge >= 0.3 is 0 Å². The molecule has 0 spiro atoms. The number of carbonyl (C=O) groups excluding carboxylic acids is 1. The van der Waals surface area contributed by atoms with Crippen molar-refractivity contribution in [3.05, 3.63) is 47.1 Å². The second kappa shape index (κ2) is 7.19. The molecule has 0 aliphatic carbocycles. The lowest BCUT2D eigenvalue weighted by molar-refractivity contribution is 0.0953. The van der Waals surface area contributed by atoms with Crippen LogP contribution in [0.25, 0.3) is 0 Å². The van der Waals surface area contributed by atoms with Crippen molar-refractivity contribution in [3.63, 3.8) is 0 Å². The largest absolute Gasteiger partial charge is 0.352 e. The maximum atomic E-state index is 12.1. The highest BCUT2D eigenvalue weighted by atomic mass is 32.2. The summed E-state index contributed by atoms with van der Waals surface area (Å²) in [5.41, 5.74) is 1.96.